The molecule has 0 spiro atoms. The summed E-state index contributed by atoms with van der Waals surface area (Å²) >= 11 is 7.23. The van der Waals surface area contributed by atoms with Gasteiger partial charge in [0, 0.05) is 16.0 Å². The van der Waals surface area contributed by atoms with Gasteiger partial charge in [-0.05, 0) is 112 Å². The topological polar surface area (TPSA) is 98.3 Å². The fourth-order valence-electron chi connectivity index (χ4n) is 6.97. The lowest BCUT2D eigenvalue weighted by molar-refractivity contribution is 0.00578. The maximum absolute atomic E-state index is 5.89. The lowest BCUT2D eigenvalue weighted by atomic mass is 9.81. The molecule has 0 saturated carbocycles. The van der Waals surface area contributed by atoms with Crippen molar-refractivity contribution in [3.8, 4) is 10.0 Å². The minimum Gasteiger partial charge on any atom is -0.400 e. The van der Waals surface area contributed by atoms with Crippen LogP contribution in [-0.2, 0) is 58.1 Å². The number of aryl methyl sites for hydroxylation is 2. The zero-order valence-electron chi connectivity index (χ0n) is 34.5. The van der Waals surface area contributed by atoms with E-state index >= 15 is 0 Å². The van der Waals surface area contributed by atoms with Crippen LogP contribution in [0.25, 0.3) is 15.6 Å². The zero-order chi connectivity index (χ0) is 41.4. The predicted molar refractivity (Wildman–Crippen MR) is 237 cm³/mol. The Balaban J connectivity index is 0.000000140. The largest absolute Gasteiger partial charge is 0.489 e. The number of rotatable bonds is 6. The molecule has 2 aromatic carbocycles. The molecule has 0 radical (unpaired) electrons. The average molecular weight is 882 g/mol. The van der Waals surface area contributed by atoms with E-state index in [1.54, 1.807) is 22.7 Å². The summed E-state index contributed by atoms with van der Waals surface area (Å²) in [7, 11) is -0.241. The number of fused-ring (bicyclic) bond motifs is 6. The fourth-order valence-corrected chi connectivity index (χ4v) is 10.3. The Morgan fingerprint density at radius 2 is 1.14 bits per heavy atom. The maximum atomic E-state index is 5.89. The van der Waals surface area contributed by atoms with Crippen molar-refractivity contribution in [1.82, 2.24) is 29.5 Å². The Hall–Kier alpha value is -4.02. The van der Waals surface area contributed by atoms with Crippen molar-refractivity contribution in [2.75, 3.05) is 0 Å². The summed E-state index contributed by atoms with van der Waals surface area (Å²) in [4.78, 5) is 1.24. The lowest BCUT2D eigenvalue weighted by Crippen LogP contribution is -2.41. The monoisotopic (exact) mass is 880 g/mol. The van der Waals surface area contributed by atoms with Crippen LogP contribution in [0.1, 0.15) is 103 Å². The van der Waals surface area contributed by atoms with Gasteiger partial charge in [-0.2, -0.15) is 0 Å². The minimum atomic E-state index is -0.241. The van der Waals surface area contributed by atoms with Crippen LogP contribution < -0.4 is 0 Å². The van der Waals surface area contributed by atoms with Gasteiger partial charge in [-0.3, -0.25) is 9.13 Å². The molecule has 6 aromatic rings. The van der Waals surface area contributed by atoms with Crippen LogP contribution in [0.2, 0.25) is 0 Å². The van der Waals surface area contributed by atoms with E-state index in [0.29, 0.717) is 26.4 Å². The van der Waals surface area contributed by atoms with Crippen LogP contribution in [0.4, 0.5) is 0 Å². The molecule has 0 atom stereocenters. The molecule has 3 aliphatic rings. The fraction of sp³-hybridized carbons (Fsp3) is 0.364. The standard InChI is InChI=1S/C19H19N3OS.C16H14BrN3OS.C9H17BO2/c1-12(2)18-15(9-14-7-5-4-6-8-14)16-10-23-11-17-21-20-13(3)22(17)19(16)24-18;1-10-18-19-14-9-21-8-13-12(7-11-5-3-2-4-6-11)15(17)22-16(13)20(10)14;1-7(2)10-11-8(3,4)9(5,6)12-10/h4-8H,1,9-11H2,2-3H3;2-6H,7-9H2,1H3;1H2,2-6H3. The van der Waals surface area contributed by atoms with Crippen LogP contribution in [0, 0.1) is 13.8 Å². The van der Waals surface area contributed by atoms with E-state index in [0.717, 1.165) is 51.0 Å². The molecule has 58 heavy (non-hydrogen) atoms. The van der Waals surface area contributed by atoms with Gasteiger partial charge in [0.05, 0.1) is 28.2 Å². The smallest absolute Gasteiger partial charge is 0.400 e. The third-order valence-electron chi connectivity index (χ3n) is 10.8. The van der Waals surface area contributed by atoms with Crippen molar-refractivity contribution in [3.63, 3.8) is 0 Å². The highest BCUT2D eigenvalue weighted by Gasteiger charge is 2.51. The second-order valence-corrected chi connectivity index (χ2v) is 19.2. The van der Waals surface area contributed by atoms with Gasteiger partial charge in [0.25, 0.3) is 0 Å². The first kappa shape index (κ1) is 42.1. The molecule has 0 amide bonds. The number of aromatic nitrogens is 6. The number of benzene rings is 2. The molecule has 7 heterocycles. The molecular weight excluding hydrogens is 831 g/mol. The molecule has 3 aliphatic heterocycles. The first-order valence-electron chi connectivity index (χ1n) is 19.3. The van der Waals surface area contributed by atoms with Gasteiger partial charge in [-0.1, -0.05) is 72.7 Å². The number of allylic oxidation sites excluding steroid dienone is 2. The van der Waals surface area contributed by atoms with Gasteiger partial charge >= 0.3 is 7.12 Å². The van der Waals surface area contributed by atoms with E-state index in [1.807, 2.05) is 60.6 Å². The maximum Gasteiger partial charge on any atom is 0.489 e. The van der Waals surface area contributed by atoms with Gasteiger partial charge in [0.1, 0.15) is 34.9 Å². The summed E-state index contributed by atoms with van der Waals surface area (Å²) < 4.78 is 28.5. The van der Waals surface area contributed by atoms with E-state index in [4.69, 9.17) is 18.8 Å². The van der Waals surface area contributed by atoms with Crippen LogP contribution in [0.3, 0.4) is 0 Å². The van der Waals surface area contributed by atoms with Crippen LogP contribution in [0.5, 0.6) is 0 Å². The average Bonchev–Trinajstić information content (AvgIpc) is 3.90. The molecular formula is C44H50BBrN6O4S2. The lowest BCUT2D eigenvalue weighted by Gasteiger charge is -2.32. The number of nitrogens with zero attached hydrogens (tertiary/aromatic N) is 6. The van der Waals surface area contributed by atoms with Crippen molar-refractivity contribution >= 4 is 51.3 Å². The molecule has 302 valence electrons. The molecule has 10 nitrogen and oxygen atoms in total. The van der Waals surface area contributed by atoms with Crippen LogP contribution >= 0.6 is 38.6 Å². The van der Waals surface area contributed by atoms with Gasteiger partial charge in [-0.15, -0.1) is 49.6 Å². The molecule has 4 aromatic heterocycles. The Morgan fingerprint density at radius 3 is 1.59 bits per heavy atom. The van der Waals surface area contributed by atoms with Crippen molar-refractivity contribution in [2.45, 2.75) is 106 Å². The third-order valence-corrected chi connectivity index (χ3v) is 14.2. The number of halogens is 1. The first-order valence-corrected chi connectivity index (χ1v) is 21.7. The first-order chi connectivity index (χ1) is 27.6. The summed E-state index contributed by atoms with van der Waals surface area (Å²) in [5, 5.41) is 19.2. The molecule has 0 bridgehead atoms. The SMILES string of the molecule is C=C(C)B1OC(C)(C)C(C)(C)O1.C=C(C)c1sc2c(c1Cc1ccccc1)COCc1nnc(C)n1-2.Cc1nnc2n1-c1sc(Br)c(Cc3ccccc3)c1COC2. The Kier molecular flexibility index (Phi) is 12.6. The number of thiophene rings is 2. The van der Waals surface area contributed by atoms with E-state index in [-0.39, 0.29) is 18.3 Å². The quantitative estimate of drug-likeness (QED) is 0.153. The van der Waals surface area contributed by atoms with Gasteiger partial charge < -0.3 is 18.8 Å². The highest BCUT2D eigenvalue weighted by atomic mass is 79.9. The number of ether oxygens (including phenoxy) is 2. The molecule has 0 aliphatic carbocycles. The van der Waals surface area contributed by atoms with Crippen molar-refractivity contribution in [2.24, 2.45) is 0 Å². The molecule has 9 rings (SSSR count). The Bertz CT molecular complexity index is 2420. The molecule has 14 heteroatoms. The highest BCUT2D eigenvalue weighted by Crippen LogP contribution is 2.42. The van der Waals surface area contributed by atoms with E-state index < -0.39 is 0 Å². The molecule has 0 N–H and O–H groups in total. The predicted octanol–water partition coefficient (Wildman–Crippen LogP) is 10.5. The van der Waals surface area contributed by atoms with E-state index in [9.17, 15) is 0 Å². The van der Waals surface area contributed by atoms with E-state index in [1.165, 1.54) is 48.3 Å². The minimum absolute atomic E-state index is 0.239. The Labute approximate surface area is 358 Å². The summed E-state index contributed by atoms with van der Waals surface area (Å²) in [5.41, 5.74) is 9.22. The summed E-state index contributed by atoms with van der Waals surface area (Å²) in [6.45, 7) is 26.3. The third kappa shape index (κ3) is 8.65. The summed E-state index contributed by atoms with van der Waals surface area (Å²) in [6.07, 6.45) is 1.78. The van der Waals surface area contributed by atoms with Crippen molar-refractivity contribution < 1.29 is 18.8 Å². The van der Waals surface area contributed by atoms with Crippen LogP contribution in [0.15, 0.2) is 83.1 Å². The van der Waals surface area contributed by atoms with Gasteiger partial charge in [0.15, 0.2) is 11.6 Å². The Morgan fingerprint density at radius 1 is 0.690 bits per heavy atom. The second-order valence-electron chi connectivity index (χ2n) is 15.9. The van der Waals surface area contributed by atoms with Gasteiger partial charge in [0.2, 0.25) is 0 Å². The zero-order valence-corrected chi connectivity index (χ0v) is 37.7. The number of hydrogen-bond donors (Lipinski definition) is 0. The normalized spacial score (nSPS) is 16.0. The van der Waals surface area contributed by atoms with Crippen molar-refractivity contribution in [1.29, 1.82) is 0 Å². The number of hydrogen-bond acceptors (Lipinski definition) is 10. The van der Waals surface area contributed by atoms with Gasteiger partial charge in [-0.25, -0.2) is 0 Å². The molecule has 1 fully saturated rings. The molecule has 1 saturated heterocycles. The summed E-state index contributed by atoms with van der Waals surface area (Å²) in [6, 6.07) is 21.1. The van der Waals surface area contributed by atoms with E-state index in [2.05, 4.69) is 114 Å². The molecule has 0 unspecified atom stereocenters. The second kappa shape index (κ2) is 17.3. The highest BCUT2D eigenvalue weighted by molar-refractivity contribution is 9.11. The van der Waals surface area contributed by atoms with Crippen LogP contribution in [-0.4, -0.2) is 47.8 Å². The summed E-state index contributed by atoms with van der Waals surface area (Å²) in [5.74, 6) is 3.54. The van der Waals surface area contributed by atoms with Crippen molar-refractivity contribution in [3.05, 3.63) is 145 Å².